The fourth-order valence-electron chi connectivity index (χ4n) is 9.37. The average molecular weight is 838 g/mol. The monoisotopic (exact) mass is 837 g/mol. The molecule has 13 aromatic rings. The van der Waals surface area contributed by atoms with Crippen molar-refractivity contribution in [2.75, 3.05) is 0 Å². The maximum Gasteiger partial charge on any atom is 0.160 e. The largest absolute Gasteiger partial charge is 0.309 e. The summed E-state index contributed by atoms with van der Waals surface area (Å²) in [5.41, 5.74) is 13.1. The highest BCUT2D eigenvalue weighted by Crippen LogP contribution is 2.41. The molecular weight excluding hydrogens is 803 g/mol. The molecule has 0 N–H and O–H groups in total. The first-order chi connectivity index (χ1) is 31.2. The van der Waals surface area contributed by atoms with Gasteiger partial charge in [-0.2, -0.15) is 0 Å². The van der Waals surface area contributed by atoms with Crippen molar-refractivity contribution in [3.05, 3.63) is 212 Å². The second kappa shape index (κ2) is 14.5. The molecule has 0 bridgehead atoms. The number of benzene rings is 9. The highest BCUT2D eigenvalue weighted by Gasteiger charge is 2.16. The van der Waals surface area contributed by atoms with E-state index < -0.39 is 0 Å². The van der Waals surface area contributed by atoms with Gasteiger partial charge >= 0.3 is 0 Å². The topological polar surface area (TPSA) is 30.7 Å². The number of para-hydroxylation sites is 2. The van der Waals surface area contributed by atoms with Crippen molar-refractivity contribution in [3.63, 3.8) is 0 Å². The molecule has 5 heteroatoms. The zero-order chi connectivity index (χ0) is 41.4. The molecule has 0 aliphatic carbocycles. The first-order valence-corrected chi connectivity index (χ1v) is 22.8. The summed E-state index contributed by atoms with van der Waals surface area (Å²) in [6.07, 6.45) is 0. The van der Waals surface area contributed by atoms with Crippen LogP contribution in [-0.4, -0.2) is 14.5 Å². The van der Waals surface area contributed by atoms with Crippen molar-refractivity contribution in [2.24, 2.45) is 0 Å². The SMILES string of the molecule is c1ccc2c(c1)sc1ccc(-c3ccc(-c4cc(-c5ccc(-n6c7ccccc7c7ccccc76)cc5)nc(-c5ccc(-c6cccc7c6sc6ccccc67)cc5)n4)cc3)cc12. The summed E-state index contributed by atoms with van der Waals surface area (Å²) < 4.78 is 7.60. The van der Waals surface area contributed by atoms with Gasteiger partial charge in [0.25, 0.3) is 0 Å². The Hall–Kier alpha value is -7.70. The molecule has 0 atom stereocenters. The molecule has 0 unspecified atom stereocenters. The molecule has 0 fully saturated rings. The average Bonchev–Trinajstić information content (AvgIpc) is 4.04. The number of thiophene rings is 2. The van der Waals surface area contributed by atoms with Gasteiger partial charge in [-0.3, -0.25) is 0 Å². The maximum atomic E-state index is 5.27. The molecule has 63 heavy (non-hydrogen) atoms. The van der Waals surface area contributed by atoms with E-state index in [1.54, 1.807) is 0 Å². The zero-order valence-electron chi connectivity index (χ0n) is 33.9. The Balaban J connectivity index is 0.903. The van der Waals surface area contributed by atoms with Gasteiger partial charge in [0.05, 0.1) is 22.4 Å². The summed E-state index contributed by atoms with van der Waals surface area (Å²) in [5, 5.41) is 7.72. The Morgan fingerprint density at radius 1 is 0.317 bits per heavy atom. The second-order valence-electron chi connectivity index (χ2n) is 16.1. The second-order valence-corrected chi connectivity index (χ2v) is 18.3. The van der Waals surface area contributed by atoms with Crippen LogP contribution in [0.1, 0.15) is 0 Å². The van der Waals surface area contributed by atoms with Gasteiger partial charge in [0, 0.05) is 73.5 Å². The number of hydrogen-bond acceptors (Lipinski definition) is 4. The third-order valence-electron chi connectivity index (χ3n) is 12.5. The third-order valence-corrected chi connectivity index (χ3v) is 14.8. The molecule has 9 aromatic carbocycles. The molecule has 3 nitrogen and oxygen atoms in total. The van der Waals surface area contributed by atoms with Gasteiger partial charge < -0.3 is 4.57 Å². The van der Waals surface area contributed by atoms with E-state index in [-0.39, 0.29) is 0 Å². The lowest BCUT2D eigenvalue weighted by atomic mass is 9.99. The number of fused-ring (bicyclic) bond motifs is 9. The fourth-order valence-corrected chi connectivity index (χ4v) is 11.7. The molecule has 0 aliphatic rings. The van der Waals surface area contributed by atoms with Crippen molar-refractivity contribution in [3.8, 4) is 61.8 Å². The lowest BCUT2D eigenvalue weighted by Crippen LogP contribution is -1.97. The summed E-state index contributed by atoms with van der Waals surface area (Å²) >= 11 is 3.71. The van der Waals surface area contributed by atoms with Crippen LogP contribution in [0.5, 0.6) is 0 Å². The number of rotatable bonds is 6. The van der Waals surface area contributed by atoms with E-state index >= 15 is 0 Å². The van der Waals surface area contributed by atoms with E-state index in [1.165, 1.54) is 84.4 Å². The lowest BCUT2D eigenvalue weighted by molar-refractivity contribution is 1.17. The standard InChI is InChI=1S/C58H35N3S2/c1-5-16-52-44(10-1)45-11-2-6-17-53(45)61(52)42-31-28-39(29-32-42)51-35-50(38-24-20-36(21-25-38)41-30-33-56-49(34-41)47-13-4-7-18-54(47)62-56)59-58(60-51)40-26-22-37(23-27-40)43-14-9-15-48-46-12-3-8-19-55(46)63-57(43)48/h1-35H. The van der Waals surface area contributed by atoms with Crippen molar-refractivity contribution in [1.29, 1.82) is 0 Å². The summed E-state index contributed by atoms with van der Waals surface area (Å²) in [7, 11) is 0. The molecule has 0 saturated heterocycles. The van der Waals surface area contributed by atoms with Crippen LogP contribution in [0.4, 0.5) is 0 Å². The van der Waals surface area contributed by atoms with Gasteiger partial charge in [-0.15, -0.1) is 22.7 Å². The summed E-state index contributed by atoms with van der Waals surface area (Å²) in [5.74, 6) is 0.694. The van der Waals surface area contributed by atoms with Crippen LogP contribution >= 0.6 is 22.7 Å². The molecule has 0 amide bonds. The molecule has 4 heterocycles. The lowest BCUT2D eigenvalue weighted by Gasteiger charge is -2.12. The minimum Gasteiger partial charge on any atom is -0.309 e. The third kappa shape index (κ3) is 6.00. The first kappa shape index (κ1) is 36.0. The van der Waals surface area contributed by atoms with Gasteiger partial charge in [0.1, 0.15) is 0 Å². The van der Waals surface area contributed by atoms with Crippen molar-refractivity contribution < 1.29 is 0 Å². The predicted molar refractivity (Wildman–Crippen MR) is 269 cm³/mol. The van der Waals surface area contributed by atoms with Crippen molar-refractivity contribution in [2.45, 2.75) is 0 Å². The molecule has 13 rings (SSSR count). The van der Waals surface area contributed by atoms with Gasteiger partial charge in [-0.1, -0.05) is 158 Å². The van der Waals surface area contributed by atoms with Crippen LogP contribution in [0.25, 0.3) is 124 Å². The Morgan fingerprint density at radius 2 is 0.810 bits per heavy atom. The van der Waals surface area contributed by atoms with Crippen molar-refractivity contribution in [1.82, 2.24) is 14.5 Å². The van der Waals surface area contributed by atoms with Crippen LogP contribution in [0.15, 0.2) is 212 Å². The first-order valence-electron chi connectivity index (χ1n) is 21.2. The van der Waals surface area contributed by atoms with Gasteiger partial charge in [0.15, 0.2) is 5.82 Å². The summed E-state index contributed by atoms with van der Waals surface area (Å²) in [6, 6.07) is 76.6. The van der Waals surface area contributed by atoms with E-state index in [2.05, 4.69) is 217 Å². The molecule has 294 valence electrons. The van der Waals surface area contributed by atoms with Gasteiger partial charge in [-0.05, 0) is 76.9 Å². The normalized spacial score (nSPS) is 11.8. The van der Waals surface area contributed by atoms with Gasteiger partial charge in [-0.25, -0.2) is 9.97 Å². The Kier molecular flexibility index (Phi) is 8.26. The smallest absolute Gasteiger partial charge is 0.160 e. The molecule has 0 saturated carbocycles. The van der Waals surface area contributed by atoms with Crippen LogP contribution in [-0.2, 0) is 0 Å². The van der Waals surface area contributed by atoms with E-state index in [0.29, 0.717) is 5.82 Å². The number of aromatic nitrogens is 3. The van der Waals surface area contributed by atoms with Crippen LogP contribution < -0.4 is 0 Å². The Labute approximate surface area is 371 Å². The molecule has 0 radical (unpaired) electrons. The number of nitrogens with zero attached hydrogens (tertiary/aromatic N) is 3. The number of hydrogen-bond donors (Lipinski definition) is 0. The summed E-state index contributed by atoms with van der Waals surface area (Å²) in [6.45, 7) is 0. The maximum absolute atomic E-state index is 5.27. The van der Waals surface area contributed by atoms with Crippen LogP contribution in [0, 0.1) is 0 Å². The quantitative estimate of drug-likeness (QED) is 0.167. The fraction of sp³-hybridized carbons (Fsp3) is 0. The molecular formula is C58H35N3S2. The molecule has 4 aromatic heterocycles. The Morgan fingerprint density at radius 3 is 1.49 bits per heavy atom. The van der Waals surface area contributed by atoms with Crippen LogP contribution in [0.3, 0.4) is 0 Å². The van der Waals surface area contributed by atoms with E-state index in [1.807, 2.05) is 22.7 Å². The summed E-state index contributed by atoms with van der Waals surface area (Å²) in [4.78, 5) is 10.5. The van der Waals surface area contributed by atoms with Crippen molar-refractivity contribution >= 4 is 84.8 Å². The minimum absolute atomic E-state index is 0.694. The van der Waals surface area contributed by atoms with E-state index in [4.69, 9.17) is 9.97 Å². The Bertz CT molecular complexity index is 3840. The van der Waals surface area contributed by atoms with Gasteiger partial charge in [0.2, 0.25) is 0 Å². The highest BCUT2D eigenvalue weighted by atomic mass is 32.1. The van der Waals surface area contributed by atoms with E-state index in [9.17, 15) is 0 Å². The predicted octanol–water partition coefficient (Wildman–Crippen LogP) is 16.6. The highest BCUT2D eigenvalue weighted by molar-refractivity contribution is 7.26. The molecule has 0 spiro atoms. The minimum atomic E-state index is 0.694. The van der Waals surface area contributed by atoms with E-state index in [0.717, 1.165) is 33.8 Å². The van der Waals surface area contributed by atoms with Crippen LogP contribution in [0.2, 0.25) is 0 Å². The zero-order valence-corrected chi connectivity index (χ0v) is 35.5. The molecule has 0 aliphatic heterocycles.